The summed E-state index contributed by atoms with van der Waals surface area (Å²) in [7, 11) is 7.25. The highest BCUT2D eigenvalue weighted by Crippen LogP contribution is 2.33. The van der Waals surface area contributed by atoms with Gasteiger partial charge in [-0.1, -0.05) is 44.9 Å². The molecule has 0 aliphatic carbocycles. The van der Waals surface area contributed by atoms with Gasteiger partial charge >= 0.3 is 0 Å². The number of allylic oxidation sites excluding steroid dienone is 1. The maximum Gasteiger partial charge on any atom is 0.151 e. The lowest BCUT2D eigenvalue weighted by Gasteiger charge is -2.07. The second-order valence-corrected chi connectivity index (χ2v) is 7.33. The molecule has 0 unspecified atom stereocenters. The van der Waals surface area contributed by atoms with Crippen LogP contribution in [0.1, 0.15) is 46.1 Å². The number of nitrogens with two attached hydrogens (primary N) is 1. The van der Waals surface area contributed by atoms with E-state index in [2.05, 4.69) is 45.6 Å². The molecule has 0 spiro atoms. The number of hydrogen-bond acceptors (Lipinski definition) is 6. The lowest BCUT2D eigenvalue weighted by Crippen LogP contribution is -2.15. The first kappa shape index (κ1) is 28.6. The minimum Gasteiger partial charge on any atom is -0.388 e. The highest BCUT2D eigenvalue weighted by atomic mass is 16.5. The molecular formula is C26H41N7O. The number of rotatable bonds is 7. The minimum absolute atomic E-state index is 0.458. The van der Waals surface area contributed by atoms with Gasteiger partial charge in [0.15, 0.2) is 5.82 Å². The molecular weight excluding hydrogens is 426 g/mol. The summed E-state index contributed by atoms with van der Waals surface area (Å²) in [5, 5.41) is 10.3. The first-order valence-corrected chi connectivity index (χ1v) is 11.7. The van der Waals surface area contributed by atoms with Crippen molar-refractivity contribution in [3.05, 3.63) is 54.0 Å². The summed E-state index contributed by atoms with van der Waals surface area (Å²) in [5.41, 5.74) is 12.4. The van der Waals surface area contributed by atoms with Crippen molar-refractivity contribution in [2.24, 2.45) is 4.99 Å². The molecule has 0 saturated carbocycles. The van der Waals surface area contributed by atoms with Gasteiger partial charge in [-0.3, -0.25) is 4.99 Å². The SMILES string of the molecule is CC.CCC/C(C)=C\C(=NC)NC.CNc1ccc(-c2c(COC)cn3ncnc(N)c23)cc1. The van der Waals surface area contributed by atoms with E-state index in [4.69, 9.17) is 10.5 Å². The van der Waals surface area contributed by atoms with Crippen LogP contribution >= 0.6 is 0 Å². The fourth-order valence-electron chi connectivity index (χ4n) is 3.42. The van der Waals surface area contributed by atoms with E-state index in [0.29, 0.717) is 12.4 Å². The summed E-state index contributed by atoms with van der Waals surface area (Å²) in [6, 6.07) is 8.14. The molecule has 0 radical (unpaired) electrons. The zero-order valence-corrected chi connectivity index (χ0v) is 21.9. The smallest absolute Gasteiger partial charge is 0.151 e. The van der Waals surface area contributed by atoms with Crippen LogP contribution in [0.2, 0.25) is 0 Å². The first-order valence-electron chi connectivity index (χ1n) is 11.7. The van der Waals surface area contributed by atoms with Crippen molar-refractivity contribution in [2.75, 3.05) is 39.3 Å². The molecule has 0 amide bonds. The van der Waals surface area contributed by atoms with Crippen LogP contribution in [-0.2, 0) is 11.3 Å². The number of hydrogen-bond donors (Lipinski definition) is 3. The summed E-state index contributed by atoms with van der Waals surface area (Å²) in [6.07, 6.45) is 7.82. The summed E-state index contributed by atoms with van der Waals surface area (Å²) < 4.78 is 7.04. The van der Waals surface area contributed by atoms with Gasteiger partial charge in [-0.15, -0.1) is 0 Å². The van der Waals surface area contributed by atoms with Crippen LogP contribution in [0.4, 0.5) is 11.5 Å². The lowest BCUT2D eigenvalue weighted by atomic mass is 10.0. The van der Waals surface area contributed by atoms with E-state index in [1.165, 1.54) is 18.3 Å². The molecule has 3 rings (SSSR count). The Morgan fingerprint density at radius 3 is 2.41 bits per heavy atom. The van der Waals surface area contributed by atoms with E-state index < -0.39 is 0 Å². The Kier molecular flexibility index (Phi) is 13.0. The van der Waals surface area contributed by atoms with E-state index in [1.54, 1.807) is 18.7 Å². The molecule has 8 heteroatoms. The topological polar surface area (TPSA) is 102 Å². The normalized spacial score (nSPS) is 11.3. The number of ether oxygens (including phenoxy) is 1. The summed E-state index contributed by atoms with van der Waals surface area (Å²) in [6.45, 7) is 8.80. The second kappa shape index (κ2) is 15.4. The van der Waals surface area contributed by atoms with Gasteiger partial charge in [-0.2, -0.15) is 5.10 Å². The van der Waals surface area contributed by atoms with Gasteiger partial charge in [0.1, 0.15) is 17.7 Å². The molecule has 0 atom stereocenters. The zero-order valence-electron chi connectivity index (χ0n) is 21.9. The second-order valence-electron chi connectivity index (χ2n) is 7.33. The van der Waals surface area contributed by atoms with Gasteiger partial charge in [0.25, 0.3) is 0 Å². The monoisotopic (exact) mass is 467 g/mol. The highest BCUT2D eigenvalue weighted by molar-refractivity contribution is 5.93. The number of likely N-dealkylation sites (N-methyl/N-ethyl adjacent to an activating group) is 1. The molecule has 0 aliphatic heterocycles. The number of methoxy groups -OCH3 is 1. The molecule has 4 N–H and O–H groups in total. The quantitative estimate of drug-likeness (QED) is 0.327. The third-order valence-electron chi connectivity index (χ3n) is 4.97. The van der Waals surface area contributed by atoms with E-state index in [1.807, 2.05) is 58.4 Å². The number of anilines is 2. The first-order chi connectivity index (χ1) is 16.5. The average Bonchev–Trinajstić information content (AvgIpc) is 3.24. The number of fused-ring (bicyclic) bond motifs is 1. The Morgan fingerprint density at radius 1 is 1.21 bits per heavy atom. The van der Waals surface area contributed by atoms with Crippen molar-refractivity contribution in [3.63, 3.8) is 0 Å². The third-order valence-corrected chi connectivity index (χ3v) is 4.97. The minimum atomic E-state index is 0.458. The maximum atomic E-state index is 6.03. The van der Waals surface area contributed by atoms with Gasteiger partial charge in [-0.05, 0) is 37.1 Å². The van der Waals surface area contributed by atoms with Gasteiger partial charge in [0.05, 0.1) is 6.61 Å². The Balaban J connectivity index is 0.000000380. The van der Waals surface area contributed by atoms with Crippen molar-refractivity contribution in [2.45, 2.75) is 47.1 Å². The van der Waals surface area contributed by atoms with Crippen molar-refractivity contribution < 1.29 is 4.74 Å². The molecule has 3 aromatic rings. The fourth-order valence-corrected chi connectivity index (χ4v) is 3.42. The van der Waals surface area contributed by atoms with Crippen molar-refractivity contribution >= 4 is 22.9 Å². The maximum absolute atomic E-state index is 6.03. The lowest BCUT2D eigenvalue weighted by molar-refractivity contribution is 0.185. The number of nitrogen functional groups attached to an aromatic ring is 1. The molecule has 0 fully saturated rings. The predicted molar refractivity (Wildman–Crippen MR) is 146 cm³/mol. The summed E-state index contributed by atoms with van der Waals surface area (Å²) >= 11 is 0. The highest BCUT2D eigenvalue weighted by Gasteiger charge is 2.16. The van der Waals surface area contributed by atoms with E-state index in [9.17, 15) is 0 Å². The molecule has 186 valence electrons. The Hall–Kier alpha value is -3.39. The van der Waals surface area contributed by atoms with Crippen molar-refractivity contribution in [1.29, 1.82) is 0 Å². The molecule has 0 bridgehead atoms. The van der Waals surface area contributed by atoms with Crippen molar-refractivity contribution in [1.82, 2.24) is 19.9 Å². The van der Waals surface area contributed by atoms with Gasteiger partial charge in [0, 0.05) is 51.3 Å². The van der Waals surface area contributed by atoms with Gasteiger partial charge in [-0.25, -0.2) is 9.50 Å². The molecule has 2 aromatic heterocycles. The molecule has 1 aromatic carbocycles. The number of aliphatic imine (C=N–C) groups is 1. The number of nitrogens with zero attached hydrogens (tertiary/aromatic N) is 4. The van der Waals surface area contributed by atoms with E-state index in [0.717, 1.165) is 40.2 Å². The zero-order chi connectivity index (χ0) is 25.5. The third kappa shape index (κ3) is 7.88. The average molecular weight is 468 g/mol. The van der Waals surface area contributed by atoms with Crippen LogP contribution in [0.3, 0.4) is 0 Å². The number of amidine groups is 1. The number of nitrogens with one attached hydrogen (secondary N) is 2. The summed E-state index contributed by atoms with van der Waals surface area (Å²) in [5.74, 6) is 1.41. The summed E-state index contributed by atoms with van der Waals surface area (Å²) in [4.78, 5) is 8.15. The Morgan fingerprint density at radius 2 is 1.88 bits per heavy atom. The fraction of sp³-hybridized carbons (Fsp3) is 0.423. The molecule has 8 nitrogen and oxygen atoms in total. The molecule has 0 aliphatic rings. The predicted octanol–water partition coefficient (Wildman–Crippen LogP) is 5.17. The molecule has 0 saturated heterocycles. The molecule has 2 heterocycles. The van der Waals surface area contributed by atoms with Crippen LogP contribution in [0.25, 0.3) is 16.6 Å². The van der Waals surface area contributed by atoms with Crippen LogP contribution in [-0.4, -0.2) is 48.7 Å². The number of benzene rings is 1. The van der Waals surface area contributed by atoms with Crippen LogP contribution in [0, 0.1) is 0 Å². The molecule has 34 heavy (non-hydrogen) atoms. The van der Waals surface area contributed by atoms with Crippen LogP contribution in [0.15, 0.2) is 53.4 Å². The van der Waals surface area contributed by atoms with Gasteiger partial charge in [0.2, 0.25) is 0 Å². The largest absolute Gasteiger partial charge is 0.388 e. The van der Waals surface area contributed by atoms with Crippen LogP contribution < -0.4 is 16.4 Å². The number of aromatic nitrogens is 3. The standard InChI is InChI=1S/C15H17N5O.C9H18N2.C2H6/c1-17-12-5-3-10(4-6-12)13-11(8-21-2)7-20-14(13)15(16)18-9-19-20;1-5-6-8(2)7-9(10-3)11-4;1-2/h3-7,9,17H,8H2,1-2H3,(H2,16,18,19);7H,5-6H2,1-4H3,(H,10,11);1-2H3/b;8-7-;. The van der Waals surface area contributed by atoms with E-state index >= 15 is 0 Å². The van der Waals surface area contributed by atoms with Gasteiger partial charge < -0.3 is 21.1 Å². The van der Waals surface area contributed by atoms with E-state index in [-0.39, 0.29) is 0 Å². The Labute approximate surface area is 204 Å². The van der Waals surface area contributed by atoms with Crippen molar-refractivity contribution in [3.8, 4) is 11.1 Å². The van der Waals surface area contributed by atoms with Crippen LogP contribution in [0.5, 0.6) is 0 Å². The Bertz CT molecular complexity index is 1050.